The largest absolute Gasteiger partial charge is 0.492 e. The van der Waals surface area contributed by atoms with Crippen LogP contribution >= 0.6 is 0 Å². The Bertz CT molecular complexity index is 754. The van der Waals surface area contributed by atoms with Crippen LogP contribution in [0.1, 0.15) is 13.3 Å². The van der Waals surface area contributed by atoms with Gasteiger partial charge in [0.25, 0.3) is 0 Å². The van der Waals surface area contributed by atoms with Crippen LogP contribution in [0.5, 0.6) is 5.75 Å². The Hall–Kier alpha value is -2.50. The number of carbonyl (C=O) groups excluding carboxylic acids is 1. The number of piperazine rings is 1. The first kappa shape index (κ1) is 17.9. The molecule has 1 saturated heterocycles. The molecule has 3 aliphatic rings. The van der Waals surface area contributed by atoms with E-state index in [4.69, 9.17) is 4.74 Å². The van der Waals surface area contributed by atoms with Crippen LogP contribution in [0, 0.1) is 23.7 Å². The van der Waals surface area contributed by atoms with E-state index in [-0.39, 0.29) is 17.7 Å². The molecule has 6 heteroatoms. The number of rotatable bonds is 5. The highest BCUT2D eigenvalue weighted by molar-refractivity contribution is 5.87. The van der Waals surface area contributed by atoms with Gasteiger partial charge < -0.3 is 19.6 Å². The van der Waals surface area contributed by atoms with Gasteiger partial charge in [-0.05, 0) is 37.3 Å². The molecule has 1 aromatic rings. The number of carboxylic acid groups (broad SMARTS) is 1. The molecule has 1 aliphatic heterocycles. The van der Waals surface area contributed by atoms with Gasteiger partial charge in [0, 0.05) is 26.2 Å². The van der Waals surface area contributed by atoms with Crippen molar-refractivity contribution in [1.29, 1.82) is 0 Å². The van der Waals surface area contributed by atoms with Crippen LogP contribution in [0.25, 0.3) is 0 Å². The summed E-state index contributed by atoms with van der Waals surface area (Å²) in [5, 5.41) is 9.60. The molecule has 2 aliphatic carbocycles. The predicted molar refractivity (Wildman–Crippen MR) is 102 cm³/mol. The van der Waals surface area contributed by atoms with Crippen molar-refractivity contribution in [3.8, 4) is 5.75 Å². The van der Waals surface area contributed by atoms with Crippen LogP contribution in [0.15, 0.2) is 36.4 Å². The summed E-state index contributed by atoms with van der Waals surface area (Å²) in [6.07, 6.45) is 4.83. The average molecular weight is 370 g/mol. The van der Waals surface area contributed by atoms with Crippen molar-refractivity contribution in [2.75, 3.05) is 37.7 Å². The molecular formula is C21H26N2O4. The van der Waals surface area contributed by atoms with E-state index >= 15 is 0 Å². The van der Waals surface area contributed by atoms with Gasteiger partial charge in [-0.2, -0.15) is 0 Å². The Labute approximate surface area is 159 Å². The highest BCUT2D eigenvalue weighted by atomic mass is 16.5. The summed E-state index contributed by atoms with van der Waals surface area (Å²) >= 11 is 0. The van der Waals surface area contributed by atoms with Crippen LogP contribution in [-0.2, 0) is 9.59 Å². The Morgan fingerprint density at radius 2 is 1.74 bits per heavy atom. The third-order valence-corrected chi connectivity index (χ3v) is 6.13. The number of hydrogen-bond donors (Lipinski definition) is 1. The number of benzene rings is 1. The van der Waals surface area contributed by atoms with Crippen molar-refractivity contribution in [2.45, 2.75) is 13.3 Å². The molecule has 0 radical (unpaired) electrons. The monoisotopic (exact) mass is 370 g/mol. The number of anilines is 1. The summed E-state index contributed by atoms with van der Waals surface area (Å²) in [7, 11) is 0. The maximum atomic E-state index is 13.1. The predicted octanol–water partition coefficient (Wildman–Crippen LogP) is 2.26. The summed E-state index contributed by atoms with van der Waals surface area (Å²) in [6, 6.07) is 7.97. The van der Waals surface area contributed by atoms with Gasteiger partial charge in [0.05, 0.1) is 24.1 Å². The maximum absolute atomic E-state index is 13.1. The molecule has 1 N–H and O–H groups in total. The molecule has 1 heterocycles. The second-order valence-electron chi connectivity index (χ2n) is 7.55. The molecule has 144 valence electrons. The zero-order valence-electron chi connectivity index (χ0n) is 15.6. The van der Waals surface area contributed by atoms with Crippen molar-refractivity contribution in [1.82, 2.24) is 4.90 Å². The molecule has 4 rings (SSSR count). The van der Waals surface area contributed by atoms with Crippen molar-refractivity contribution >= 4 is 17.6 Å². The van der Waals surface area contributed by atoms with E-state index in [1.54, 1.807) is 0 Å². The quantitative estimate of drug-likeness (QED) is 0.805. The van der Waals surface area contributed by atoms with E-state index in [2.05, 4.69) is 4.90 Å². The lowest BCUT2D eigenvalue weighted by Gasteiger charge is -2.39. The van der Waals surface area contributed by atoms with Crippen molar-refractivity contribution in [2.24, 2.45) is 23.7 Å². The Kier molecular flexibility index (Phi) is 4.81. The molecule has 1 amide bonds. The van der Waals surface area contributed by atoms with Gasteiger partial charge >= 0.3 is 5.97 Å². The fraction of sp³-hybridized carbons (Fsp3) is 0.524. The van der Waals surface area contributed by atoms with Crippen LogP contribution in [0.2, 0.25) is 0 Å². The molecule has 2 fully saturated rings. The lowest BCUT2D eigenvalue weighted by molar-refractivity contribution is -0.151. The lowest BCUT2D eigenvalue weighted by atomic mass is 9.82. The van der Waals surface area contributed by atoms with Crippen LogP contribution < -0.4 is 9.64 Å². The van der Waals surface area contributed by atoms with Crippen LogP contribution in [-0.4, -0.2) is 54.7 Å². The fourth-order valence-electron chi connectivity index (χ4n) is 4.87. The molecule has 2 bridgehead atoms. The minimum Gasteiger partial charge on any atom is -0.492 e. The second kappa shape index (κ2) is 7.25. The summed E-state index contributed by atoms with van der Waals surface area (Å²) in [5.41, 5.74) is 1.05. The minimum absolute atomic E-state index is 0.0111. The van der Waals surface area contributed by atoms with Gasteiger partial charge in [-0.25, -0.2) is 0 Å². The van der Waals surface area contributed by atoms with Crippen molar-refractivity contribution in [3.63, 3.8) is 0 Å². The fourth-order valence-corrected chi connectivity index (χ4v) is 4.87. The first-order chi connectivity index (χ1) is 13.1. The third-order valence-electron chi connectivity index (χ3n) is 6.13. The number of carboxylic acids is 1. The third kappa shape index (κ3) is 3.17. The number of carbonyl (C=O) groups is 2. The number of hydrogen-bond acceptors (Lipinski definition) is 4. The van der Waals surface area contributed by atoms with Gasteiger partial charge in [-0.15, -0.1) is 0 Å². The normalized spacial score (nSPS) is 29.2. The molecule has 27 heavy (non-hydrogen) atoms. The number of ether oxygens (including phenoxy) is 1. The van der Waals surface area contributed by atoms with Crippen molar-refractivity contribution < 1.29 is 19.4 Å². The van der Waals surface area contributed by atoms with Crippen molar-refractivity contribution in [3.05, 3.63) is 36.4 Å². The van der Waals surface area contributed by atoms with Gasteiger partial charge in [-0.1, -0.05) is 24.3 Å². The first-order valence-corrected chi connectivity index (χ1v) is 9.77. The van der Waals surface area contributed by atoms with E-state index in [1.165, 1.54) is 0 Å². The minimum atomic E-state index is -0.838. The summed E-state index contributed by atoms with van der Waals surface area (Å²) in [4.78, 5) is 28.9. The van der Waals surface area contributed by atoms with Crippen LogP contribution in [0.4, 0.5) is 5.69 Å². The zero-order chi connectivity index (χ0) is 19.0. The number of para-hydroxylation sites is 2. The van der Waals surface area contributed by atoms with Gasteiger partial charge in [0.2, 0.25) is 5.91 Å². The summed E-state index contributed by atoms with van der Waals surface area (Å²) in [5.74, 6) is -0.833. The van der Waals surface area contributed by atoms with Gasteiger partial charge in [0.1, 0.15) is 5.75 Å². The zero-order valence-corrected chi connectivity index (χ0v) is 15.6. The summed E-state index contributed by atoms with van der Waals surface area (Å²) < 4.78 is 5.72. The SMILES string of the molecule is CCOc1ccccc1N1CCN(C(=O)[C@@H]2[C@H](C(=O)O)[C@H]3C=C[C@H]2C3)CC1. The van der Waals surface area contributed by atoms with E-state index in [1.807, 2.05) is 48.2 Å². The van der Waals surface area contributed by atoms with Crippen LogP contribution in [0.3, 0.4) is 0 Å². The van der Waals surface area contributed by atoms with E-state index in [9.17, 15) is 14.7 Å². The van der Waals surface area contributed by atoms with E-state index in [0.717, 1.165) is 30.9 Å². The molecule has 0 spiro atoms. The highest BCUT2D eigenvalue weighted by Gasteiger charge is 2.52. The molecule has 0 aromatic heterocycles. The highest BCUT2D eigenvalue weighted by Crippen LogP contribution is 2.48. The molecule has 1 aromatic carbocycles. The Morgan fingerprint density at radius 1 is 1.07 bits per heavy atom. The number of nitrogens with zero attached hydrogens (tertiary/aromatic N) is 2. The summed E-state index contributed by atoms with van der Waals surface area (Å²) in [6.45, 7) is 5.26. The Balaban J connectivity index is 1.43. The molecule has 1 saturated carbocycles. The molecule has 6 nitrogen and oxygen atoms in total. The number of fused-ring (bicyclic) bond motifs is 2. The molecule has 0 unspecified atom stereocenters. The molecule has 4 atom stereocenters. The topological polar surface area (TPSA) is 70.1 Å². The number of allylic oxidation sites excluding steroid dienone is 2. The number of amides is 1. The van der Waals surface area contributed by atoms with E-state index in [0.29, 0.717) is 19.7 Å². The van der Waals surface area contributed by atoms with Gasteiger partial charge in [0.15, 0.2) is 0 Å². The van der Waals surface area contributed by atoms with E-state index < -0.39 is 17.8 Å². The number of aliphatic carboxylic acids is 1. The van der Waals surface area contributed by atoms with Gasteiger partial charge in [-0.3, -0.25) is 9.59 Å². The maximum Gasteiger partial charge on any atom is 0.307 e. The first-order valence-electron chi connectivity index (χ1n) is 9.77. The smallest absolute Gasteiger partial charge is 0.307 e. The molecular weight excluding hydrogens is 344 g/mol. The Morgan fingerprint density at radius 3 is 2.41 bits per heavy atom. The lowest BCUT2D eigenvalue weighted by Crippen LogP contribution is -2.52. The second-order valence-corrected chi connectivity index (χ2v) is 7.55. The standard InChI is InChI=1S/C21H26N2O4/c1-2-27-17-6-4-3-5-16(17)22-9-11-23(12-10-22)20(24)18-14-7-8-15(13-14)19(18)21(25)26/h3-8,14-15,18-19H,2,9-13H2,1H3,(H,25,26)/t14-,15-,18-,19+/m0/s1. The average Bonchev–Trinajstić information content (AvgIpc) is 3.30.